The lowest BCUT2D eigenvalue weighted by atomic mass is 10.2. The molecule has 2 aromatic rings. The van der Waals surface area contributed by atoms with E-state index in [1.54, 1.807) is 24.3 Å². The van der Waals surface area contributed by atoms with Gasteiger partial charge in [-0.3, -0.25) is 9.80 Å². The average Bonchev–Trinajstić information content (AvgIpc) is 2.78. The van der Waals surface area contributed by atoms with Crippen molar-refractivity contribution < 1.29 is 29.9 Å². The van der Waals surface area contributed by atoms with Crippen molar-refractivity contribution in [3.8, 4) is 11.5 Å². The number of nitrogens with zero attached hydrogens (tertiary/aromatic N) is 2. The van der Waals surface area contributed by atoms with Gasteiger partial charge < -0.3 is 29.9 Å². The maximum Gasteiger partial charge on any atom is 0.120 e. The molecule has 0 aromatic heterocycles. The molecule has 0 bridgehead atoms. The molecule has 0 atom stereocenters. The van der Waals surface area contributed by atoms with Crippen molar-refractivity contribution in [2.45, 2.75) is 13.1 Å². The van der Waals surface area contributed by atoms with Crippen LogP contribution in [0.2, 0.25) is 0 Å². The van der Waals surface area contributed by atoms with Crippen LogP contribution in [0.4, 0.5) is 0 Å². The van der Waals surface area contributed by atoms with Crippen molar-refractivity contribution in [1.82, 2.24) is 9.80 Å². The Labute approximate surface area is 190 Å². The molecule has 0 amide bonds. The fourth-order valence-electron chi connectivity index (χ4n) is 3.30. The van der Waals surface area contributed by atoms with Crippen LogP contribution in [-0.4, -0.2) is 96.0 Å². The van der Waals surface area contributed by atoms with E-state index in [0.29, 0.717) is 65.7 Å². The van der Waals surface area contributed by atoms with Crippen LogP contribution in [0, 0.1) is 0 Å². The van der Waals surface area contributed by atoms with E-state index in [2.05, 4.69) is 0 Å². The van der Waals surface area contributed by atoms with Gasteiger partial charge in [0.1, 0.15) is 11.5 Å². The van der Waals surface area contributed by atoms with E-state index >= 15 is 0 Å². The summed E-state index contributed by atoms with van der Waals surface area (Å²) in [6.07, 6.45) is 0. The molecule has 0 unspecified atom stereocenters. The number of phenols is 2. The van der Waals surface area contributed by atoms with E-state index in [1.165, 1.54) is 0 Å². The summed E-state index contributed by atoms with van der Waals surface area (Å²) < 4.78 is 11.3. The Hall–Kier alpha value is -2.20. The maximum absolute atomic E-state index is 9.92. The highest BCUT2D eigenvalue weighted by Gasteiger charge is 2.10. The highest BCUT2D eigenvalue weighted by Crippen LogP contribution is 2.18. The lowest BCUT2D eigenvalue weighted by Gasteiger charge is -2.22. The summed E-state index contributed by atoms with van der Waals surface area (Å²) in [6.45, 7) is 5.39. The zero-order valence-electron chi connectivity index (χ0n) is 18.6. The molecular formula is C24H36N2O6. The molecule has 0 heterocycles. The number of hydrogen-bond donors (Lipinski definition) is 4. The van der Waals surface area contributed by atoms with Gasteiger partial charge in [-0.2, -0.15) is 0 Å². The van der Waals surface area contributed by atoms with Gasteiger partial charge >= 0.3 is 0 Å². The van der Waals surface area contributed by atoms with Crippen LogP contribution >= 0.6 is 0 Å². The Morgan fingerprint density at radius 1 is 0.562 bits per heavy atom. The minimum absolute atomic E-state index is 0.0435. The summed E-state index contributed by atoms with van der Waals surface area (Å²) in [6, 6.07) is 14.4. The third-order valence-electron chi connectivity index (χ3n) is 5.08. The lowest BCUT2D eigenvalue weighted by Crippen LogP contribution is -2.31. The van der Waals surface area contributed by atoms with Crippen LogP contribution in [0.25, 0.3) is 0 Å². The number of rotatable bonds is 17. The van der Waals surface area contributed by atoms with Gasteiger partial charge in [0.2, 0.25) is 0 Å². The smallest absolute Gasteiger partial charge is 0.120 e. The van der Waals surface area contributed by atoms with Crippen LogP contribution in [0.1, 0.15) is 11.1 Å². The van der Waals surface area contributed by atoms with Crippen LogP contribution in [-0.2, 0) is 22.6 Å². The monoisotopic (exact) mass is 448 g/mol. The van der Waals surface area contributed by atoms with E-state index in [1.807, 2.05) is 34.1 Å². The van der Waals surface area contributed by atoms with Gasteiger partial charge in [0.25, 0.3) is 0 Å². The summed E-state index contributed by atoms with van der Waals surface area (Å²) in [7, 11) is 0. The average molecular weight is 449 g/mol. The van der Waals surface area contributed by atoms with Crippen LogP contribution in [0.5, 0.6) is 11.5 Å². The molecule has 0 aliphatic carbocycles. The Balaban J connectivity index is 1.60. The number of aliphatic hydroxyl groups excluding tert-OH is 2. The molecule has 2 aromatic carbocycles. The molecule has 0 aliphatic heterocycles. The second kappa shape index (κ2) is 15.6. The van der Waals surface area contributed by atoms with Crippen molar-refractivity contribution in [2.24, 2.45) is 0 Å². The van der Waals surface area contributed by atoms with Gasteiger partial charge in [0.15, 0.2) is 0 Å². The van der Waals surface area contributed by atoms with Crippen molar-refractivity contribution >= 4 is 0 Å². The van der Waals surface area contributed by atoms with Crippen molar-refractivity contribution in [2.75, 3.05) is 65.8 Å². The molecule has 4 N–H and O–H groups in total. The number of hydrogen-bond acceptors (Lipinski definition) is 8. The minimum Gasteiger partial charge on any atom is -0.508 e. The van der Waals surface area contributed by atoms with Gasteiger partial charge in [0, 0.05) is 50.4 Å². The quantitative estimate of drug-likeness (QED) is 0.269. The molecule has 0 fully saturated rings. The number of aromatic hydroxyl groups is 2. The first-order chi connectivity index (χ1) is 15.6. The first kappa shape index (κ1) is 26.1. The summed E-state index contributed by atoms with van der Waals surface area (Å²) >= 11 is 0. The number of benzene rings is 2. The molecule has 0 radical (unpaired) electrons. The van der Waals surface area contributed by atoms with E-state index in [9.17, 15) is 20.4 Å². The first-order valence-electron chi connectivity index (χ1n) is 11.0. The summed E-state index contributed by atoms with van der Waals surface area (Å²) in [5, 5.41) is 38.4. The van der Waals surface area contributed by atoms with Crippen molar-refractivity contribution in [1.29, 1.82) is 0 Å². The zero-order chi connectivity index (χ0) is 23.0. The van der Waals surface area contributed by atoms with E-state index in [0.717, 1.165) is 11.1 Å². The predicted molar refractivity (Wildman–Crippen MR) is 123 cm³/mol. The topological polar surface area (TPSA) is 106 Å². The second-order valence-electron chi connectivity index (χ2n) is 7.48. The Morgan fingerprint density at radius 2 is 0.969 bits per heavy atom. The molecular weight excluding hydrogens is 412 g/mol. The highest BCUT2D eigenvalue weighted by molar-refractivity contribution is 5.32. The molecule has 8 heteroatoms. The number of para-hydroxylation sites is 2. The first-order valence-corrected chi connectivity index (χ1v) is 11.0. The van der Waals surface area contributed by atoms with Crippen LogP contribution < -0.4 is 0 Å². The van der Waals surface area contributed by atoms with Gasteiger partial charge in [0.05, 0.1) is 39.6 Å². The summed E-state index contributed by atoms with van der Waals surface area (Å²) in [4.78, 5) is 4.06. The van der Waals surface area contributed by atoms with Crippen LogP contribution in [0.15, 0.2) is 48.5 Å². The predicted octanol–water partition coefficient (Wildman–Crippen LogP) is 1.42. The van der Waals surface area contributed by atoms with Gasteiger partial charge in [-0.05, 0) is 12.1 Å². The van der Waals surface area contributed by atoms with E-state index < -0.39 is 0 Å². The third-order valence-corrected chi connectivity index (χ3v) is 5.08. The number of aliphatic hydroxyl groups is 2. The third kappa shape index (κ3) is 9.95. The number of ether oxygens (including phenoxy) is 2. The van der Waals surface area contributed by atoms with Gasteiger partial charge in [-0.1, -0.05) is 36.4 Å². The van der Waals surface area contributed by atoms with E-state index in [-0.39, 0.29) is 24.7 Å². The fraction of sp³-hybridized carbons (Fsp3) is 0.500. The summed E-state index contributed by atoms with van der Waals surface area (Å²) in [5.41, 5.74) is 1.64. The summed E-state index contributed by atoms with van der Waals surface area (Å²) in [5.74, 6) is 0.505. The van der Waals surface area contributed by atoms with E-state index in [4.69, 9.17) is 9.47 Å². The largest absolute Gasteiger partial charge is 0.508 e. The molecule has 8 nitrogen and oxygen atoms in total. The Morgan fingerprint density at radius 3 is 1.34 bits per heavy atom. The molecule has 0 saturated heterocycles. The molecule has 178 valence electrons. The normalized spacial score (nSPS) is 11.5. The SMILES string of the molecule is OCCN(CCOCCOCCN(CCO)Cc1ccccc1O)Cc1ccccc1O. The molecule has 2 rings (SSSR count). The molecule has 32 heavy (non-hydrogen) atoms. The van der Waals surface area contributed by atoms with Gasteiger partial charge in [-0.15, -0.1) is 0 Å². The Bertz CT molecular complexity index is 697. The number of phenolic OH excluding ortho intramolecular Hbond substituents is 2. The van der Waals surface area contributed by atoms with Crippen LogP contribution in [0.3, 0.4) is 0 Å². The minimum atomic E-state index is 0.0435. The maximum atomic E-state index is 9.92. The zero-order valence-corrected chi connectivity index (χ0v) is 18.6. The van der Waals surface area contributed by atoms with Crippen molar-refractivity contribution in [3.05, 3.63) is 59.7 Å². The standard InChI is InChI=1S/C24H36N2O6/c27-13-9-25(19-21-5-1-3-7-23(21)29)11-15-31-17-18-32-16-12-26(10-14-28)20-22-6-2-4-8-24(22)30/h1-8,27-30H,9-20H2. The highest BCUT2D eigenvalue weighted by atomic mass is 16.5. The molecule has 0 spiro atoms. The van der Waals surface area contributed by atoms with Crippen molar-refractivity contribution in [3.63, 3.8) is 0 Å². The molecule has 0 saturated carbocycles. The Kier molecular flexibility index (Phi) is 12.7. The lowest BCUT2D eigenvalue weighted by molar-refractivity contribution is 0.0269. The molecule has 0 aliphatic rings. The van der Waals surface area contributed by atoms with Gasteiger partial charge in [-0.25, -0.2) is 0 Å². The fourth-order valence-corrected chi connectivity index (χ4v) is 3.30. The second-order valence-corrected chi connectivity index (χ2v) is 7.48.